The molecule has 25 heavy (non-hydrogen) atoms. The maximum atomic E-state index is 14.0. The van der Waals surface area contributed by atoms with Gasteiger partial charge >= 0.3 is 0 Å². The minimum absolute atomic E-state index is 0.0412. The van der Waals surface area contributed by atoms with Gasteiger partial charge in [0, 0.05) is 22.9 Å². The first-order chi connectivity index (χ1) is 12.2. The number of rotatable bonds is 5. The standard InChI is InChI=1S/C20H17FN2OS/c21-16-7-3-1-5-14(16)20-23-18(12-25-20)15-6-2-4-8-17(15)22-19(24)11-13-9-10-13/h1-8,12-13H,9-11H2,(H,22,24). The number of hydrogen-bond donors (Lipinski definition) is 1. The van der Waals surface area contributed by atoms with E-state index in [9.17, 15) is 9.18 Å². The Labute approximate surface area is 149 Å². The van der Waals surface area contributed by atoms with Crippen LogP contribution in [0.3, 0.4) is 0 Å². The fourth-order valence-electron chi connectivity index (χ4n) is 2.76. The van der Waals surface area contributed by atoms with E-state index in [1.54, 1.807) is 18.2 Å². The monoisotopic (exact) mass is 352 g/mol. The van der Waals surface area contributed by atoms with Crippen LogP contribution in [-0.2, 0) is 4.79 Å². The Morgan fingerprint density at radius 1 is 1.12 bits per heavy atom. The quantitative estimate of drug-likeness (QED) is 0.672. The Bertz CT molecular complexity index is 917. The number of anilines is 1. The molecule has 2 aromatic carbocycles. The van der Waals surface area contributed by atoms with Crippen LogP contribution >= 0.6 is 11.3 Å². The first-order valence-electron chi connectivity index (χ1n) is 8.30. The highest BCUT2D eigenvalue weighted by atomic mass is 32.1. The van der Waals surface area contributed by atoms with Crippen LogP contribution in [0.2, 0.25) is 0 Å². The molecule has 1 aromatic heterocycles. The molecule has 5 heteroatoms. The average Bonchev–Trinajstić information content (AvgIpc) is 3.29. The third-order valence-corrected chi connectivity index (χ3v) is 5.13. The van der Waals surface area contributed by atoms with Gasteiger partial charge in [-0.2, -0.15) is 0 Å². The van der Waals surface area contributed by atoms with Gasteiger partial charge in [0.25, 0.3) is 0 Å². The molecule has 0 unspecified atom stereocenters. The number of carbonyl (C=O) groups excluding carboxylic acids is 1. The van der Waals surface area contributed by atoms with E-state index < -0.39 is 0 Å². The highest BCUT2D eigenvalue weighted by Gasteiger charge is 2.24. The van der Waals surface area contributed by atoms with Gasteiger partial charge in [0.15, 0.2) is 0 Å². The van der Waals surface area contributed by atoms with Gasteiger partial charge in [-0.1, -0.05) is 30.3 Å². The molecule has 0 atom stereocenters. The Hall–Kier alpha value is -2.53. The van der Waals surface area contributed by atoms with Crippen molar-refractivity contribution in [3.05, 3.63) is 59.7 Å². The Kier molecular flexibility index (Phi) is 4.32. The zero-order valence-electron chi connectivity index (χ0n) is 13.5. The SMILES string of the molecule is O=C(CC1CC1)Nc1ccccc1-c1csc(-c2ccccc2F)n1. The molecule has 3 aromatic rings. The van der Waals surface area contributed by atoms with Crippen molar-refractivity contribution < 1.29 is 9.18 Å². The lowest BCUT2D eigenvalue weighted by atomic mass is 10.1. The van der Waals surface area contributed by atoms with E-state index in [4.69, 9.17) is 0 Å². The number of benzene rings is 2. The normalized spacial score (nSPS) is 13.6. The van der Waals surface area contributed by atoms with E-state index in [1.807, 2.05) is 29.6 Å². The van der Waals surface area contributed by atoms with Crippen LogP contribution in [0.5, 0.6) is 0 Å². The van der Waals surface area contributed by atoms with Gasteiger partial charge < -0.3 is 5.32 Å². The van der Waals surface area contributed by atoms with E-state index in [-0.39, 0.29) is 11.7 Å². The lowest BCUT2D eigenvalue weighted by Crippen LogP contribution is -2.12. The molecule has 1 aliphatic rings. The van der Waals surface area contributed by atoms with Crippen molar-refractivity contribution >= 4 is 22.9 Å². The van der Waals surface area contributed by atoms with Crippen molar-refractivity contribution in [1.29, 1.82) is 0 Å². The Balaban J connectivity index is 1.62. The highest BCUT2D eigenvalue weighted by molar-refractivity contribution is 7.13. The molecular weight excluding hydrogens is 335 g/mol. The number of nitrogens with one attached hydrogen (secondary N) is 1. The Morgan fingerprint density at radius 3 is 2.60 bits per heavy atom. The van der Waals surface area contributed by atoms with Gasteiger partial charge in [-0.05, 0) is 37.0 Å². The van der Waals surface area contributed by atoms with Gasteiger partial charge in [0.05, 0.1) is 11.4 Å². The van der Waals surface area contributed by atoms with Crippen LogP contribution in [0.25, 0.3) is 21.8 Å². The molecule has 0 spiro atoms. The number of para-hydroxylation sites is 1. The smallest absolute Gasteiger partial charge is 0.224 e. The van der Waals surface area contributed by atoms with Gasteiger partial charge in [0.1, 0.15) is 10.8 Å². The van der Waals surface area contributed by atoms with Crippen LogP contribution in [0, 0.1) is 11.7 Å². The topological polar surface area (TPSA) is 42.0 Å². The second-order valence-electron chi connectivity index (χ2n) is 6.26. The van der Waals surface area contributed by atoms with Crippen molar-refractivity contribution in [3.8, 4) is 21.8 Å². The summed E-state index contributed by atoms with van der Waals surface area (Å²) < 4.78 is 14.0. The summed E-state index contributed by atoms with van der Waals surface area (Å²) in [7, 11) is 0. The van der Waals surface area contributed by atoms with Crippen LogP contribution in [0.4, 0.5) is 10.1 Å². The highest BCUT2D eigenvalue weighted by Crippen LogP contribution is 2.35. The van der Waals surface area contributed by atoms with E-state index >= 15 is 0 Å². The lowest BCUT2D eigenvalue weighted by molar-refractivity contribution is -0.116. The van der Waals surface area contributed by atoms with Crippen LogP contribution in [-0.4, -0.2) is 10.9 Å². The summed E-state index contributed by atoms with van der Waals surface area (Å²) in [6, 6.07) is 14.2. The summed E-state index contributed by atoms with van der Waals surface area (Å²) in [5.74, 6) is 0.299. The van der Waals surface area contributed by atoms with Gasteiger partial charge in [-0.15, -0.1) is 11.3 Å². The number of nitrogens with zero attached hydrogens (tertiary/aromatic N) is 1. The summed E-state index contributed by atoms with van der Waals surface area (Å²) >= 11 is 1.40. The van der Waals surface area contributed by atoms with E-state index in [2.05, 4.69) is 10.3 Å². The molecule has 0 bridgehead atoms. The summed E-state index contributed by atoms with van der Waals surface area (Å²) in [5, 5.41) is 5.52. The molecule has 1 fully saturated rings. The molecule has 126 valence electrons. The number of hydrogen-bond acceptors (Lipinski definition) is 3. The molecular formula is C20H17FN2OS. The third kappa shape index (κ3) is 3.61. The third-order valence-electron chi connectivity index (χ3n) is 4.26. The van der Waals surface area contributed by atoms with Crippen LogP contribution in [0.1, 0.15) is 19.3 Å². The molecule has 3 nitrogen and oxygen atoms in total. The second-order valence-corrected chi connectivity index (χ2v) is 7.12. The van der Waals surface area contributed by atoms with Crippen molar-refractivity contribution in [2.75, 3.05) is 5.32 Å². The molecule has 1 saturated carbocycles. The molecule has 1 amide bonds. The number of halogens is 1. The largest absolute Gasteiger partial charge is 0.325 e. The molecule has 0 saturated heterocycles. The number of amides is 1. The number of thiazole rings is 1. The maximum absolute atomic E-state index is 14.0. The summed E-state index contributed by atoms with van der Waals surface area (Å²) in [5.41, 5.74) is 2.84. The lowest BCUT2D eigenvalue weighted by Gasteiger charge is -2.09. The maximum Gasteiger partial charge on any atom is 0.224 e. The second kappa shape index (κ2) is 6.76. The molecule has 1 aliphatic carbocycles. The first kappa shape index (κ1) is 16.0. The Morgan fingerprint density at radius 2 is 1.84 bits per heavy atom. The fraction of sp³-hybridized carbons (Fsp3) is 0.200. The molecule has 0 radical (unpaired) electrons. The zero-order valence-corrected chi connectivity index (χ0v) is 14.4. The fourth-order valence-corrected chi connectivity index (χ4v) is 3.60. The van der Waals surface area contributed by atoms with Crippen molar-refractivity contribution in [3.63, 3.8) is 0 Å². The summed E-state index contributed by atoms with van der Waals surface area (Å²) in [4.78, 5) is 16.7. The molecule has 1 heterocycles. The van der Waals surface area contributed by atoms with Crippen LogP contribution < -0.4 is 5.32 Å². The number of carbonyl (C=O) groups is 1. The number of aromatic nitrogens is 1. The molecule has 4 rings (SSSR count). The first-order valence-corrected chi connectivity index (χ1v) is 9.18. The zero-order chi connectivity index (χ0) is 17.2. The van der Waals surface area contributed by atoms with Crippen LogP contribution in [0.15, 0.2) is 53.9 Å². The van der Waals surface area contributed by atoms with E-state index in [1.165, 1.54) is 17.4 Å². The van der Waals surface area contributed by atoms with Gasteiger partial charge in [-0.25, -0.2) is 9.37 Å². The van der Waals surface area contributed by atoms with Crippen molar-refractivity contribution in [2.45, 2.75) is 19.3 Å². The predicted molar refractivity (Wildman–Crippen MR) is 98.9 cm³/mol. The molecule has 1 N–H and O–H groups in total. The van der Waals surface area contributed by atoms with Gasteiger partial charge in [0.2, 0.25) is 5.91 Å². The van der Waals surface area contributed by atoms with E-state index in [0.29, 0.717) is 22.9 Å². The molecule has 0 aliphatic heterocycles. The van der Waals surface area contributed by atoms with Crippen molar-refractivity contribution in [2.24, 2.45) is 5.92 Å². The average molecular weight is 352 g/mol. The van der Waals surface area contributed by atoms with E-state index in [0.717, 1.165) is 29.8 Å². The van der Waals surface area contributed by atoms with Crippen molar-refractivity contribution in [1.82, 2.24) is 4.98 Å². The summed E-state index contributed by atoms with van der Waals surface area (Å²) in [6.07, 6.45) is 2.87. The summed E-state index contributed by atoms with van der Waals surface area (Å²) in [6.45, 7) is 0. The minimum atomic E-state index is -0.283. The minimum Gasteiger partial charge on any atom is -0.325 e. The predicted octanol–water partition coefficient (Wildman–Crippen LogP) is 5.35. The van der Waals surface area contributed by atoms with Gasteiger partial charge in [-0.3, -0.25) is 4.79 Å².